The first kappa shape index (κ1) is 15.9. The number of carbonyl (C=O) groups excluding carboxylic acids is 1. The van der Waals surface area contributed by atoms with Gasteiger partial charge in [-0.3, -0.25) is 10.1 Å². The van der Waals surface area contributed by atoms with Crippen LogP contribution in [0.25, 0.3) is 11.3 Å². The van der Waals surface area contributed by atoms with Gasteiger partial charge in [0.1, 0.15) is 11.6 Å². The number of anilines is 1. The number of nitrogens with zero attached hydrogens (tertiary/aromatic N) is 1. The van der Waals surface area contributed by atoms with Crippen molar-refractivity contribution >= 4 is 22.4 Å². The molecule has 1 N–H and O–H groups in total. The van der Waals surface area contributed by atoms with Crippen LogP contribution in [0.3, 0.4) is 0 Å². The van der Waals surface area contributed by atoms with Crippen molar-refractivity contribution in [2.45, 2.75) is 19.3 Å². The van der Waals surface area contributed by atoms with Crippen LogP contribution in [0.15, 0.2) is 41.8 Å². The normalized spacial score (nSPS) is 12.9. The van der Waals surface area contributed by atoms with Gasteiger partial charge < -0.3 is 0 Å². The Bertz CT molecular complexity index is 968. The smallest absolute Gasteiger partial charge is 0.260 e. The molecule has 126 valence electrons. The number of rotatable bonds is 3. The number of fused-ring (bicyclic) bond motifs is 1. The molecule has 0 spiro atoms. The highest BCUT2D eigenvalue weighted by Crippen LogP contribution is 2.30. The Labute approximate surface area is 147 Å². The fourth-order valence-electron chi connectivity index (χ4n) is 3.03. The second-order valence-electron chi connectivity index (χ2n) is 5.95. The minimum absolute atomic E-state index is 0.339. The Morgan fingerprint density at radius 1 is 1.08 bits per heavy atom. The van der Waals surface area contributed by atoms with Gasteiger partial charge in [0.2, 0.25) is 0 Å². The summed E-state index contributed by atoms with van der Waals surface area (Å²) >= 11 is 1.25. The molecule has 0 radical (unpaired) electrons. The molecule has 2 aromatic carbocycles. The summed E-state index contributed by atoms with van der Waals surface area (Å²) in [6.07, 6.45) is 3.37. The molecule has 1 aliphatic carbocycles. The van der Waals surface area contributed by atoms with Crippen LogP contribution in [0.2, 0.25) is 0 Å². The lowest BCUT2D eigenvalue weighted by Gasteiger charge is -2.04. The number of amides is 1. The third-order valence-corrected chi connectivity index (χ3v) is 5.05. The zero-order chi connectivity index (χ0) is 17.4. The van der Waals surface area contributed by atoms with Gasteiger partial charge in [-0.2, -0.15) is 0 Å². The van der Waals surface area contributed by atoms with E-state index in [1.54, 1.807) is 0 Å². The third-order valence-electron chi connectivity index (χ3n) is 4.29. The number of aryl methyl sites for hydroxylation is 2. The van der Waals surface area contributed by atoms with Crippen molar-refractivity contribution in [1.29, 1.82) is 0 Å². The zero-order valence-electron chi connectivity index (χ0n) is 13.2. The maximum absolute atomic E-state index is 13.7. The Morgan fingerprint density at radius 2 is 1.92 bits per heavy atom. The van der Waals surface area contributed by atoms with Crippen molar-refractivity contribution in [3.05, 3.63) is 70.1 Å². The molecule has 0 atom stereocenters. The van der Waals surface area contributed by atoms with Gasteiger partial charge in [-0.25, -0.2) is 13.8 Å². The van der Waals surface area contributed by atoms with E-state index in [0.29, 0.717) is 5.13 Å². The van der Waals surface area contributed by atoms with Crippen molar-refractivity contribution in [3.8, 4) is 11.3 Å². The van der Waals surface area contributed by atoms with Crippen LogP contribution < -0.4 is 5.32 Å². The summed E-state index contributed by atoms with van der Waals surface area (Å²) < 4.78 is 26.9. The monoisotopic (exact) mass is 356 g/mol. The Hall–Kier alpha value is -2.60. The number of benzene rings is 2. The van der Waals surface area contributed by atoms with Gasteiger partial charge in [-0.05, 0) is 54.7 Å². The van der Waals surface area contributed by atoms with E-state index in [0.717, 1.165) is 42.3 Å². The summed E-state index contributed by atoms with van der Waals surface area (Å²) in [5.41, 5.74) is 4.14. The first-order valence-electron chi connectivity index (χ1n) is 7.94. The predicted molar refractivity (Wildman–Crippen MR) is 93.9 cm³/mol. The molecular formula is C19H14F2N2OS. The summed E-state index contributed by atoms with van der Waals surface area (Å²) in [6.45, 7) is 0. The van der Waals surface area contributed by atoms with E-state index in [2.05, 4.69) is 22.4 Å². The molecule has 1 aliphatic rings. The second kappa shape index (κ2) is 6.37. The average Bonchev–Trinajstić information content (AvgIpc) is 3.25. The lowest BCUT2D eigenvalue weighted by molar-refractivity contribution is 0.102. The highest BCUT2D eigenvalue weighted by molar-refractivity contribution is 7.14. The SMILES string of the molecule is O=C(Nc1nc(-c2ccc3c(c2)CCC3)cs1)c1cc(F)ccc1F. The number of hydrogen-bond donors (Lipinski definition) is 1. The quantitative estimate of drug-likeness (QED) is 0.730. The minimum Gasteiger partial charge on any atom is -0.298 e. The second-order valence-corrected chi connectivity index (χ2v) is 6.81. The number of thiazole rings is 1. The van der Waals surface area contributed by atoms with Crippen LogP contribution in [0.1, 0.15) is 27.9 Å². The van der Waals surface area contributed by atoms with E-state index in [1.165, 1.54) is 28.9 Å². The van der Waals surface area contributed by atoms with Crippen LogP contribution in [0.4, 0.5) is 13.9 Å². The van der Waals surface area contributed by atoms with E-state index in [1.807, 2.05) is 11.4 Å². The largest absolute Gasteiger partial charge is 0.298 e. The summed E-state index contributed by atoms with van der Waals surface area (Å²) in [5.74, 6) is -2.15. The average molecular weight is 356 g/mol. The zero-order valence-corrected chi connectivity index (χ0v) is 14.0. The van der Waals surface area contributed by atoms with Crippen LogP contribution >= 0.6 is 11.3 Å². The molecule has 1 heterocycles. The summed E-state index contributed by atoms with van der Waals surface area (Å²) in [6, 6.07) is 9.06. The summed E-state index contributed by atoms with van der Waals surface area (Å²) in [7, 11) is 0. The van der Waals surface area contributed by atoms with Crippen molar-refractivity contribution < 1.29 is 13.6 Å². The molecule has 1 aromatic heterocycles. The van der Waals surface area contributed by atoms with Gasteiger partial charge in [-0.1, -0.05) is 12.1 Å². The minimum atomic E-state index is -0.769. The number of carbonyl (C=O) groups is 1. The van der Waals surface area contributed by atoms with Crippen molar-refractivity contribution in [1.82, 2.24) is 4.98 Å². The molecular weight excluding hydrogens is 342 g/mol. The van der Waals surface area contributed by atoms with Gasteiger partial charge in [0, 0.05) is 10.9 Å². The first-order valence-corrected chi connectivity index (χ1v) is 8.82. The molecule has 3 nitrogen and oxygen atoms in total. The van der Waals surface area contributed by atoms with Gasteiger partial charge in [0.05, 0.1) is 11.3 Å². The highest BCUT2D eigenvalue weighted by Gasteiger charge is 2.16. The molecule has 6 heteroatoms. The summed E-state index contributed by atoms with van der Waals surface area (Å²) in [5, 5.41) is 4.72. The van der Waals surface area contributed by atoms with E-state index >= 15 is 0 Å². The fraction of sp³-hybridized carbons (Fsp3) is 0.158. The van der Waals surface area contributed by atoms with E-state index in [4.69, 9.17) is 0 Å². The number of nitrogens with one attached hydrogen (secondary N) is 1. The van der Waals surface area contributed by atoms with Crippen molar-refractivity contribution in [2.75, 3.05) is 5.32 Å². The Balaban J connectivity index is 1.55. The highest BCUT2D eigenvalue weighted by atomic mass is 32.1. The topological polar surface area (TPSA) is 42.0 Å². The molecule has 0 aliphatic heterocycles. The van der Waals surface area contributed by atoms with E-state index in [9.17, 15) is 13.6 Å². The maximum Gasteiger partial charge on any atom is 0.260 e. The molecule has 3 aromatic rings. The fourth-order valence-corrected chi connectivity index (χ4v) is 3.75. The number of hydrogen-bond acceptors (Lipinski definition) is 3. The van der Waals surface area contributed by atoms with Gasteiger partial charge in [0.25, 0.3) is 5.91 Å². The van der Waals surface area contributed by atoms with Gasteiger partial charge in [0.15, 0.2) is 5.13 Å². The third kappa shape index (κ3) is 3.17. The standard InChI is InChI=1S/C19H14F2N2OS/c20-14-6-7-16(21)15(9-14)18(24)23-19-22-17(10-25-19)13-5-4-11-2-1-3-12(11)8-13/h4-10H,1-3H2,(H,22,23,24). The number of halogens is 2. The van der Waals surface area contributed by atoms with Crippen LogP contribution in [-0.4, -0.2) is 10.9 Å². The predicted octanol–water partition coefficient (Wildman–Crippen LogP) is 4.83. The van der Waals surface area contributed by atoms with Gasteiger partial charge in [-0.15, -0.1) is 11.3 Å². The Kier molecular flexibility index (Phi) is 4.05. The van der Waals surface area contributed by atoms with Crippen molar-refractivity contribution in [2.24, 2.45) is 0 Å². The van der Waals surface area contributed by atoms with E-state index < -0.39 is 17.5 Å². The molecule has 0 fully saturated rings. The molecule has 25 heavy (non-hydrogen) atoms. The molecule has 1 amide bonds. The maximum atomic E-state index is 13.7. The van der Waals surface area contributed by atoms with Crippen molar-refractivity contribution in [3.63, 3.8) is 0 Å². The summed E-state index contributed by atoms with van der Waals surface area (Å²) in [4.78, 5) is 16.5. The van der Waals surface area contributed by atoms with Crippen LogP contribution in [0, 0.1) is 11.6 Å². The van der Waals surface area contributed by atoms with Gasteiger partial charge >= 0.3 is 0 Å². The van der Waals surface area contributed by atoms with Crippen LogP contribution in [0.5, 0.6) is 0 Å². The molecule has 0 saturated carbocycles. The molecule has 0 bridgehead atoms. The first-order chi connectivity index (χ1) is 12.1. The lowest BCUT2D eigenvalue weighted by atomic mass is 10.1. The van der Waals surface area contributed by atoms with Crippen LogP contribution in [-0.2, 0) is 12.8 Å². The Morgan fingerprint density at radius 3 is 2.80 bits per heavy atom. The lowest BCUT2D eigenvalue weighted by Crippen LogP contribution is -2.13. The molecule has 0 unspecified atom stereocenters. The number of aromatic nitrogens is 1. The molecule has 0 saturated heterocycles. The molecule has 4 rings (SSSR count). The van der Waals surface area contributed by atoms with E-state index in [-0.39, 0.29) is 5.56 Å².